The van der Waals surface area contributed by atoms with Crippen molar-refractivity contribution in [1.82, 2.24) is 10.2 Å². The van der Waals surface area contributed by atoms with Crippen molar-refractivity contribution in [1.29, 1.82) is 0 Å². The van der Waals surface area contributed by atoms with E-state index in [4.69, 9.17) is 21.1 Å². The van der Waals surface area contributed by atoms with Crippen LogP contribution in [-0.4, -0.2) is 29.3 Å². The number of methoxy groups -OCH3 is 1. The molecule has 0 aliphatic rings. The van der Waals surface area contributed by atoms with Crippen molar-refractivity contribution in [3.05, 3.63) is 33.3 Å². The van der Waals surface area contributed by atoms with Gasteiger partial charge in [-0.05, 0) is 44.0 Å². The van der Waals surface area contributed by atoms with E-state index in [0.29, 0.717) is 27.5 Å². The summed E-state index contributed by atoms with van der Waals surface area (Å²) in [5, 5.41) is 12.3. The summed E-state index contributed by atoms with van der Waals surface area (Å²) < 4.78 is 10.6. The normalized spacial score (nSPS) is 12.0. The van der Waals surface area contributed by atoms with E-state index in [1.165, 1.54) is 11.3 Å². The van der Waals surface area contributed by atoms with Gasteiger partial charge in [-0.3, -0.25) is 10.1 Å². The quantitative estimate of drug-likeness (QED) is 0.860. The van der Waals surface area contributed by atoms with E-state index >= 15 is 0 Å². The molecule has 2 rings (SSSR count). The third kappa shape index (κ3) is 4.63. The lowest BCUT2D eigenvalue weighted by Crippen LogP contribution is -2.30. The molecule has 1 amide bonds. The number of aromatic nitrogens is 2. The molecule has 0 aliphatic heterocycles. The summed E-state index contributed by atoms with van der Waals surface area (Å²) in [7, 11) is 1.58. The Kier molecular flexibility index (Phi) is 5.92. The van der Waals surface area contributed by atoms with E-state index in [9.17, 15) is 4.79 Å². The predicted molar refractivity (Wildman–Crippen MR) is 90.3 cm³/mol. The number of hydrogen-bond donors (Lipinski definition) is 1. The van der Waals surface area contributed by atoms with Crippen LogP contribution in [0.15, 0.2) is 12.1 Å². The summed E-state index contributed by atoms with van der Waals surface area (Å²) in [6, 6.07) is 3.61. The van der Waals surface area contributed by atoms with Gasteiger partial charge < -0.3 is 9.47 Å². The summed E-state index contributed by atoms with van der Waals surface area (Å²) in [5.74, 6) is 0.305. The van der Waals surface area contributed by atoms with Gasteiger partial charge in [0.05, 0.1) is 0 Å². The Bertz CT molecular complexity index is 682. The molecule has 0 saturated carbocycles. The zero-order valence-electron chi connectivity index (χ0n) is 13.3. The summed E-state index contributed by atoms with van der Waals surface area (Å²) >= 11 is 7.39. The topological polar surface area (TPSA) is 73.3 Å². The molecule has 1 aromatic carbocycles. The van der Waals surface area contributed by atoms with Crippen molar-refractivity contribution >= 4 is 34.0 Å². The molecular formula is C15H18ClN3O3S. The fourth-order valence-electron chi connectivity index (χ4n) is 1.92. The average Bonchev–Trinajstić information content (AvgIpc) is 2.92. The highest BCUT2D eigenvalue weighted by atomic mass is 35.5. The second-order valence-corrected chi connectivity index (χ2v) is 6.49. The van der Waals surface area contributed by atoms with Crippen LogP contribution >= 0.6 is 22.9 Å². The second kappa shape index (κ2) is 7.72. The molecule has 23 heavy (non-hydrogen) atoms. The van der Waals surface area contributed by atoms with E-state index in [-0.39, 0.29) is 5.91 Å². The highest BCUT2D eigenvalue weighted by molar-refractivity contribution is 7.15. The Morgan fingerprint density at radius 2 is 2.00 bits per heavy atom. The van der Waals surface area contributed by atoms with E-state index in [1.54, 1.807) is 26.2 Å². The molecule has 1 unspecified atom stereocenters. The number of nitrogens with zero attached hydrogens (tertiary/aromatic N) is 2. The van der Waals surface area contributed by atoms with Gasteiger partial charge in [0.15, 0.2) is 6.10 Å². The Hall–Kier alpha value is -1.70. The molecule has 1 N–H and O–H groups in total. The zero-order chi connectivity index (χ0) is 17.0. The van der Waals surface area contributed by atoms with Gasteiger partial charge in [-0.25, -0.2) is 0 Å². The number of anilines is 1. The minimum absolute atomic E-state index is 0.296. The number of aryl methyl sites for hydroxylation is 2. The molecule has 1 heterocycles. The fraction of sp³-hybridized carbons (Fsp3) is 0.400. The van der Waals surface area contributed by atoms with Gasteiger partial charge in [-0.2, -0.15) is 0 Å². The highest BCUT2D eigenvalue weighted by Crippen LogP contribution is 2.26. The van der Waals surface area contributed by atoms with E-state index < -0.39 is 6.10 Å². The van der Waals surface area contributed by atoms with Gasteiger partial charge in [0.2, 0.25) is 5.13 Å². The molecule has 0 spiro atoms. The number of benzene rings is 1. The second-order valence-electron chi connectivity index (χ2n) is 5.05. The van der Waals surface area contributed by atoms with Crippen LogP contribution in [0.4, 0.5) is 5.13 Å². The van der Waals surface area contributed by atoms with Gasteiger partial charge in [0.1, 0.15) is 17.4 Å². The van der Waals surface area contributed by atoms with Crippen LogP contribution in [0.5, 0.6) is 5.75 Å². The highest BCUT2D eigenvalue weighted by Gasteiger charge is 2.17. The molecule has 0 saturated heterocycles. The first-order valence-corrected chi connectivity index (χ1v) is 8.15. The first kappa shape index (κ1) is 17.7. The molecule has 1 atom stereocenters. The third-order valence-corrected chi connectivity index (χ3v) is 4.47. The smallest absolute Gasteiger partial charge is 0.266 e. The number of nitrogens with one attached hydrogen (secondary N) is 1. The SMILES string of the molecule is COCc1nnc(NC(=O)C(C)Oc2cc(C)c(Cl)c(C)c2)s1. The van der Waals surface area contributed by atoms with E-state index in [1.807, 2.05) is 13.8 Å². The van der Waals surface area contributed by atoms with Crippen LogP contribution in [0.25, 0.3) is 0 Å². The van der Waals surface area contributed by atoms with Crippen molar-refractivity contribution in [2.24, 2.45) is 0 Å². The predicted octanol–water partition coefficient (Wildman–Crippen LogP) is 3.36. The number of hydrogen-bond acceptors (Lipinski definition) is 6. The molecule has 2 aromatic rings. The molecule has 0 fully saturated rings. The van der Waals surface area contributed by atoms with Gasteiger partial charge >= 0.3 is 0 Å². The van der Waals surface area contributed by atoms with Gasteiger partial charge in [0.25, 0.3) is 5.91 Å². The van der Waals surface area contributed by atoms with Crippen LogP contribution in [-0.2, 0) is 16.1 Å². The van der Waals surface area contributed by atoms with Crippen molar-refractivity contribution in [3.8, 4) is 5.75 Å². The zero-order valence-corrected chi connectivity index (χ0v) is 14.9. The maximum atomic E-state index is 12.2. The van der Waals surface area contributed by atoms with Crippen LogP contribution in [0.2, 0.25) is 5.02 Å². The Morgan fingerprint density at radius 1 is 1.35 bits per heavy atom. The standard InChI is InChI=1S/C15H18ClN3O3S/c1-8-5-11(6-9(2)13(8)16)22-10(3)14(20)17-15-19-18-12(23-15)7-21-4/h5-6,10H,7H2,1-4H3,(H,17,19,20). The molecule has 0 aliphatic carbocycles. The Balaban J connectivity index is 1.99. The fourth-order valence-corrected chi connectivity index (χ4v) is 2.75. The van der Waals surface area contributed by atoms with Crippen LogP contribution < -0.4 is 10.1 Å². The molecule has 8 heteroatoms. The summed E-state index contributed by atoms with van der Waals surface area (Å²) in [4.78, 5) is 12.2. The van der Waals surface area contributed by atoms with Crippen molar-refractivity contribution in [3.63, 3.8) is 0 Å². The Labute approximate surface area is 143 Å². The molecule has 1 aromatic heterocycles. The lowest BCUT2D eigenvalue weighted by molar-refractivity contribution is -0.122. The Morgan fingerprint density at radius 3 is 2.61 bits per heavy atom. The first-order chi connectivity index (χ1) is 10.9. The third-order valence-electron chi connectivity index (χ3n) is 3.06. The van der Waals surface area contributed by atoms with Gasteiger partial charge in [0, 0.05) is 12.1 Å². The maximum Gasteiger partial charge on any atom is 0.266 e. The molecule has 124 valence electrons. The average molecular weight is 356 g/mol. The number of carbonyl (C=O) groups is 1. The summed E-state index contributed by atoms with van der Waals surface area (Å²) in [5.41, 5.74) is 1.81. The lowest BCUT2D eigenvalue weighted by Gasteiger charge is -2.15. The first-order valence-electron chi connectivity index (χ1n) is 6.96. The summed E-state index contributed by atoms with van der Waals surface area (Å²) in [6.07, 6.45) is -0.676. The van der Waals surface area contributed by atoms with E-state index in [2.05, 4.69) is 15.5 Å². The molecule has 6 nitrogen and oxygen atoms in total. The number of carbonyl (C=O) groups excluding carboxylic acids is 1. The largest absolute Gasteiger partial charge is 0.481 e. The molecule has 0 bridgehead atoms. The minimum atomic E-state index is -0.676. The molecule has 0 radical (unpaired) electrons. The van der Waals surface area contributed by atoms with Crippen LogP contribution in [0.3, 0.4) is 0 Å². The van der Waals surface area contributed by atoms with E-state index in [0.717, 1.165) is 11.1 Å². The minimum Gasteiger partial charge on any atom is -0.481 e. The van der Waals surface area contributed by atoms with Gasteiger partial charge in [-0.1, -0.05) is 22.9 Å². The lowest BCUT2D eigenvalue weighted by atomic mass is 10.1. The number of halogens is 1. The number of ether oxygens (including phenoxy) is 2. The van der Waals surface area contributed by atoms with Crippen molar-refractivity contribution in [2.75, 3.05) is 12.4 Å². The summed E-state index contributed by atoms with van der Waals surface area (Å²) in [6.45, 7) is 5.83. The number of amides is 1. The van der Waals surface area contributed by atoms with Crippen LogP contribution in [0.1, 0.15) is 23.1 Å². The molecular weight excluding hydrogens is 338 g/mol. The van der Waals surface area contributed by atoms with Crippen molar-refractivity contribution in [2.45, 2.75) is 33.5 Å². The maximum absolute atomic E-state index is 12.2. The monoisotopic (exact) mass is 355 g/mol. The van der Waals surface area contributed by atoms with Gasteiger partial charge in [-0.15, -0.1) is 10.2 Å². The number of rotatable bonds is 6. The van der Waals surface area contributed by atoms with Crippen molar-refractivity contribution < 1.29 is 14.3 Å². The van der Waals surface area contributed by atoms with Crippen LogP contribution in [0, 0.1) is 13.8 Å².